The first-order valence-electron chi connectivity index (χ1n) is 6.78. The molecule has 0 saturated heterocycles. The number of rotatable bonds is 3. The Kier molecular flexibility index (Phi) is 4.54. The molecular weight excluding hydrogens is 227 g/mol. The predicted molar refractivity (Wildman–Crippen MR) is 72.8 cm³/mol. The van der Waals surface area contributed by atoms with Gasteiger partial charge in [0, 0.05) is 0 Å². The third-order valence-electron chi connectivity index (χ3n) is 3.88. The molecule has 1 aliphatic rings. The minimum atomic E-state index is -0.201. The van der Waals surface area contributed by atoms with E-state index in [-0.39, 0.29) is 12.4 Å². The minimum absolute atomic E-state index is 0.113. The van der Waals surface area contributed by atoms with Gasteiger partial charge in [0.25, 0.3) is 0 Å². The molecule has 2 heteroatoms. The van der Waals surface area contributed by atoms with E-state index in [9.17, 15) is 9.50 Å². The van der Waals surface area contributed by atoms with Crippen LogP contribution in [-0.4, -0.2) is 11.7 Å². The monoisotopic (exact) mass is 248 g/mol. The van der Waals surface area contributed by atoms with Crippen LogP contribution in [0.25, 0.3) is 6.08 Å². The highest BCUT2D eigenvalue weighted by atomic mass is 19.1. The highest BCUT2D eigenvalue weighted by Crippen LogP contribution is 2.31. The molecule has 0 aliphatic heterocycles. The summed E-state index contributed by atoms with van der Waals surface area (Å²) in [5.74, 6) is 0.307. The molecule has 1 nitrogen and oxygen atoms in total. The average molecular weight is 248 g/mol. The summed E-state index contributed by atoms with van der Waals surface area (Å²) in [6.07, 6.45) is 8.21. The Hall–Kier alpha value is -1.15. The van der Waals surface area contributed by atoms with Crippen molar-refractivity contribution < 1.29 is 9.50 Å². The lowest BCUT2D eigenvalue weighted by Gasteiger charge is -2.23. The zero-order valence-corrected chi connectivity index (χ0v) is 11.0. The first-order valence-corrected chi connectivity index (χ1v) is 6.78. The second-order valence-corrected chi connectivity index (χ2v) is 5.21. The van der Waals surface area contributed by atoms with Crippen molar-refractivity contribution in [2.75, 3.05) is 6.61 Å². The molecule has 0 bridgehead atoms. The number of aliphatic hydroxyl groups is 1. The van der Waals surface area contributed by atoms with Gasteiger partial charge in [-0.05, 0) is 54.5 Å². The summed E-state index contributed by atoms with van der Waals surface area (Å²) in [6.45, 7) is 2.02. The molecule has 98 valence electrons. The van der Waals surface area contributed by atoms with Gasteiger partial charge in [-0.15, -0.1) is 0 Å². The Balaban J connectivity index is 2.22. The van der Waals surface area contributed by atoms with Gasteiger partial charge >= 0.3 is 0 Å². The van der Waals surface area contributed by atoms with E-state index in [1.54, 1.807) is 12.1 Å². The number of halogens is 1. The molecule has 0 unspecified atom stereocenters. The minimum Gasteiger partial charge on any atom is -0.392 e. The van der Waals surface area contributed by atoms with Crippen molar-refractivity contribution in [2.45, 2.75) is 39.0 Å². The van der Waals surface area contributed by atoms with Crippen molar-refractivity contribution in [1.29, 1.82) is 0 Å². The zero-order chi connectivity index (χ0) is 13.0. The number of aryl methyl sites for hydroxylation is 1. The summed E-state index contributed by atoms with van der Waals surface area (Å²) in [7, 11) is 0. The van der Waals surface area contributed by atoms with Gasteiger partial charge in [-0.2, -0.15) is 0 Å². The standard InChI is InChI=1S/C16H21FO/c1-12-9-16(17)8-7-14(12)10-15(11-18)13-5-3-2-4-6-13/h7-10,13,18H,2-6,11H2,1H3. The molecule has 1 aliphatic carbocycles. The third-order valence-corrected chi connectivity index (χ3v) is 3.88. The van der Waals surface area contributed by atoms with Crippen molar-refractivity contribution in [3.05, 3.63) is 40.7 Å². The van der Waals surface area contributed by atoms with Crippen LogP contribution in [0, 0.1) is 18.7 Å². The van der Waals surface area contributed by atoms with Gasteiger partial charge in [0.2, 0.25) is 0 Å². The first kappa shape index (κ1) is 13.3. The zero-order valence-electron chi connectivity index (χ0n) is 11.0. The molecule has 0 spiro atoms. The van der Waals surface area contributed by atoms with Crippen LogP contribution >= 0.6 is 0 Å². The van der Waals surface area contributed by atoms with Crippen LogP contribution < -0.4 is 0 Å². The summed E-state index contributed by atoms with van der Waals surface area (Å²) >= 11 is 0. The maximum atomic E-state index is 13.1. The molecular formula is C16H21FO. The molecule has 1 aromatic rings. The van der Waals surface area contributed by atoms with Crippen LogP contribution in [0.15, 0.2) is 23.8 Å². The lowest BCUT2D eigenvalue weighted by molar-refractivity contribution is 0.295. The van der Waals surface area contributed by atoms with Gasteiger partial charge in [-0.25, -0.2) is 4.39 Å². The largest absolute Gasteiger partial charge is 0.392 e. The van der Waals surface area contributed by atoms with Crippen LogP contribution in [0.5, 0.6) is 0 Å². The van der Waals surface area contributed by atoms with Crippen LogP contribution in [0.1, 0.15) is 43.2 Å². The Bertz CT molecular complexity index is 431. The first-order chi connectivity index (χ1) is 8.70. The van der Waals surface area contributed by atoms with E-state index in [1.807, 2.05) is 13.0 Å². The summed E-state index contributed by atoms with van der Waals surface area (Å²) in [5, 5.41) is 9.54. The van der Waals surface area contributed by atoms with E-state index in [2.05, 4.69) is 0 Å². The van der Waals surface area contributed by atoms with Gasteiger partial charge in [-0.3, -0.25) is 0 Å². The van der Waals surface area contributed by atoms with E-state index in [0.29, 0.717) is 5.92 Å². The van der Waals surface area contributed by atoms with Crippen molar-refractivity contribution in [3.8, 4) is 0 Å². The maximum absolute atomic E-state index is 13.1. The van der Waals surface area contributed by atoms with Gasteiger partial charge in [0.1, 0.15) is 5.82 Å². The summed E-state index contributed by atoms with van der Waals surface area (Å²) in [4.78, 5) is 0. The highest BCUT2D eigenvalue weighted by Gasteiger charge is 2.17. The van der Waals surface area contributed by atoms with Crippen molar-refractivity contribution in [3.63, 3.8) is 0 Å². The number of hydrogen-bond donors (Lipinski definition) is 1. The molecule has 0 atom stereocenters. The quantitative estimate of drug-likeness (QED) is 0.854. The Morgan fingerprint density at radius 3 is 2.67 bits per heavy atom. The molecule has 18 heavy (non-hydrogen) atoms. The Morgan fingerprint density at radius 2 is 2.06 bits per heavy atom. The number of benzene rings is 1. The van der Waals surface area contributed by atoms with Crippen molar-refractivity contribution in [1.82, 2.24) is 0 Å². The lowest BCUT2D eigenvalue weighted by Crippen LogP contribution is -2.11. The molecule has 1 fully saturated rings. The predicted octanol–water partition coefficient (Wildman–Crippen LogP) is 4.09. The molecule has 0 aromatic heterocycles. The molecule has 1 aromatic carbocycles. The lowest BCUT2D eigenvalue weighted by atomic mass is 9.83. The molecule has 0 heterocycles. The van der Waals surface area contributed by atoms with Crippen molar-refractivity contribution in [2.24, 2.45) is 5.92 Å². The highest BCUT2D eigenvalue weighted by molar-refractivity contribution is 5.57. The molecule has 0 amide bonds. The molecule has 2 rings (SSSR count). The van der Waals surface area contributed by atoms with Gasteiger partial charge in [0.15, 0.2) is 0 Å². The summed E-state index contributed by atoms with van der Waals surface area (Å²) in [6, 6.07) is 4.82. The second-order valence-electron chi connectivity index (χ2n) is 5.21. The topological polar surface area (TPSA) is 20.2 Å². The maximum Gasteiger partial charge on any atom is 0.123 e. The van der Waals surface area contributed by atoms with E-state index in [4.69, 9.17) is 0 Å². The Labute approximate surface area is 108 Å². The summed E-state index contributed by atoms with van der Waals surface area (Å²) in [5.41, 5.74) is 3.05. The van der Waals surface area contributed by atoms with E-state index >= 15 is 0 Å². The fourth-order valence-corrected chi connectivity index (χ4v) is 2.77. The second kappa shape index (κ2) is 6.14. The van der Waals surface area contributed by atoms with Crippen LogP contribution in [-0.2, 0) is 0 Å². The molecule has 1 saturated carbocycles. The van der Waals surface area contributed by atoms with Crippen LogP contribution in [0.4, 0.5) is 4.39 Å². The normalized spacial score (nSPS) is 18.1. The summed E-state index contributed by atoms with van der Waals surface area (Å²) < 4.78 is 13.1. The SMILES string of the molecule is Cc1cc(F)ccc1C=C(CO)C1CCCCC1. The smallest absolute Gasteiger partial charge is 0.123 e. The Morgan fingerprint density at radius 1 is 1.33 bits per heavy atom. The van der Waals surface area contributed by atoms with Crippen LogP contribution in [0.2, 0.25) is 0 Å². The number of hydrogen-bond acceptors (Lipinski definition) is 1. The van der Waals surface area contributed by atoms with Gasteiger partial charge in [-0.1, -0.05) is 31.4 Å². The van der Waals surface area contributed by atoms with Crippen LogP contribution in [0.3, 0.4) is 0 Å². The fourth-order valence-electron chi connectivity index (χ4n) is 2.77. The van der Waals surface area contributed by atoms with Crippen molar-refractivity contribution >= 4 is 6.08 Å². The van der Waals surface area contributed by atoms with Gasteiger partial charge < -0.3 is 5.11 Å². The molecule has 0 radical (unpaired) electrons. The third kappa shape index (κ3) is 3.20. The molecule has 1 N–H and O–H groups in total. The average Bonchev–Trinajstić information content (AvgIpc) is 2.39. The van der Waals surface area contributed by atoms with E-state index in [0.717, 1.165) is 16.7 Å². The van der Waals surface area contributed by atoms with E-state index in [1.165, 1.54) is 38.2 Å². The fraction of sp³-hybridized carbons (Fsp3) is 0.500. The van der Waals surface area contributed by atoms with E-state index < -0.39 is 0 Å². The van der Waals surface area contributed by atoms with Gasteiger partial charge in [0.05, 0.1) is 6.61 Å². The number of aliphatic hydroxyl groups excluding tert-OH is 1.